The van der Waals surface area contributed by atoms with Crippen molar-refractivity contribution >= 4 is 5.91 Å². The van der Waals surface area contributed by atoms with Gasteiger partial charge in [-0.05, 0) is 47.5 Å². The Balaban J connectivity index is 4.05. The summed E-state index contributed by atoms with van der Waals surface area (Å²) in [4.78, 5) is 11.6. The second kappa shape index (κ2) is 5.64. The fourth-order valence-corrected chi connectivity index (χ4v) is 1.15. The Morgan fingerprint density at radius 2 is 1.88 bits per heavy atom. The van der Waals surface area contributed by atoms with Gasteiger partial charge < -0.3 is 16.2 Å². The summed E-state index contributed by atoms with van der Waals surface area (Å²) in [6.07, 6.45) is 2.09. The average molecular weight is 230 g/mol. The number of carbonyl (C=O) groups excluding carboxylic acids is 1. The van der Waals surface area contributed by atoms with Crippen LogP contribution in [0.25, 0.3) is 0 Å². The van der Waals surface area contributed by atoms with Gasteiger partial charge in [0, 0.05) is 12.5 Å². The highest BCUT2D eigenvalue weighted by Gasteiger charge is 2.35. The van der Waals surface area contributed by atoms with Crippen molar-refractivity contribution in [2.24, 2.45) is 5.73 Å². The minimum absolute atomic E-state index is 0.0345. The third-order valence-electron chi connectivity index (χ3n) is 3.04. The summed E-state index contributed by atoms with van der Waals surface area (Å²) in [5.74, 6) is -0.0345. The van der Waals surface area contributed by atoms with E-state index in [1.807, 2.05) is 20.8 Å². The minimum Gasteiger partial charge on any atom is -0.388 e. The first-order valence-electron chi connectivity index (χ1n) is 5.85. The molecule has 1 unspecified atom stereocenters. The van der Waals surface area contributed by atoms with E-state index in [1.54, 1.807) is 13.8 Å². The number of rotatable bonds is 6. The Hall–Kier alpha value is -0.610. The molecule has 16 heavy (non-hydrogen) atoms. The zero-order valence-electron chi connectivity index (χ0n) is 11.1. The van der Waals surface area contributed by atoms with E-state index in [9.17, 15) is 9.90 Å². The van der Waals surface area contributed by atoms with Crippen LogP contribution in [0.5, 0.6) is 0 Å². The van der Waals surface area contributed by atoms with Gasteiger partial charge in [-0.1, -0.05) is 0 Å². The Kier molecular flexibility index (Phi) is 5.42. The quantitative estimate of drug-likeness (QED) is 0.641. The molecule has 0 heterocycles. The molecule has 4 N–H and O–H groups in total. The van der Waals surface area contributed by atoms with Crippen molar-refractivity contribution in [3.05, 3.63) is 0 Å². The van der Waals surface area contributed by atoms with E-state index >= 15 is 0 Å². The molecule has 0 spiro atoms. The van der Waals surface area contributed by atoms with Gasteiger partial charge in [-0.3, -0.25) is 4.79 Å². The summed E-state index contributed by atoms with van der Waals surface area (Å²) in [5, 5.41) is 12.7. The molecule has 0 rings (SSSR count). The number of carbonyl (C=O) groups is 1. The van der Waals surface area contributed by atoms with Gasteiger partial charge in [-0.2, -0.15) is 0 Å². The molecule has 0 aliphatic carbocycles. The Labute approximate surface area is 98.6 Å². The van der Waals surface area contributed by atoms with Crippen LogP contribution in [-0.2, 0) is 4.79 Å². The molecule has 0 aromatic heterocycles. The standard InChI is InChI=1S/C12H26N2O2/c1-9(13)7-6-8-10(15)14-11(2,3)12(4,5)16/h9,16H,6-8,13H2,1-5H3,(H,14,15). The van der Waals surface area contributed by atoms with Crippen molar-refractivity contribution in [2.75, 3.05) is 0 Å². The molecule has 0 aromatic carbocycles. The Morgan fingerprint density at radius 3 is 2.25 bits per heavy atom. The summed E-state index contributed by atoms with van der Waals surface area (Å²) in [7, 11) is 0. The van der Waals surface area contributed by atoms with E-state index in [0.29, 0.717) is 6.42 Å². The molecule has 0 aliphatic rings. The molecule has 0 aliphatic heterocycles. The van der Waals surface area contributed by atoms with Gasteiger partial charge in [0.15, 0.2) is 0 Å². The van der Waals surface area contributed by atoms with E-state index in [-0.39, 0.29) is 11.9 Å². The van der Waals surface area contributed by atoms with Gasteiger partial charge in [-0.25, -0.2) is 0 Å². The monoisotopic (exact) mass is 230 g/mol. The van der Waals surface area contributed by atoms with Crippen LogP contribution in [0.1, 0.15) is 53.9 Å². The number of hydrogen-bond donors (Lipinski definition) is 3. The van der Waals surface area contributed by atoms with Gasteiger partial charge in [0.2, 0.25) is 5.91 Å². The van der Waals surface area contributed by atoms with Crippen LogP contribution >= 0.6 is 0 Å². The summed E-state index contributed by atoms with van der Waals surface area (Å²) < 4.78 is 0. The third-order valence-corrected chi connectivity index (χ3v) is 3.04. The van der Waals surface area contributed by atoms with E-state index < -0.39 is 11.1 Å². The SMILES string of the molecule is CC(N)CCCC(=O)NC(C)(C)C(C)(C)O. The highest BCUT2D eigenvalue weighted by atomic mass is 16.3. The largest absolute Gasteiger partial charge is 0.388 e. The lowest BCUT2D eigenvalue weighted by Crippen LogP contribution is -2.57. The zero-order valence-corrected chi connectivity index (χ0v) is 11.1. The topological polar surface area (TPSA) is 75.4 Å². The smallest absolute Gasteiger partial charge is 0.220 e. The maximum Gasteiger partial charge on any atom is 0.220 e. The molecule has 4 heteroatoms. The van der Waals surface area contributed by atoms with Gasteiger partial charge in [0.05, 0.1) is 11.1 Å². The van der Waals surface area contributed by atoms with Gasteiger partial charge in [0.25, 0.3) is 0 Å². The van der Waals surface area contributed by atoms with Crippen molar-refractivity contribution in [1.29, 1.82) is 0 Å². The molecular weight excluding hydrogens is 204 g/mol. The first-order chi connectivity index (χ1) is 7.06. The van der Waals surface area contributed by atoms with Crippen LogP contribution in [0.2, 0.25) is 0 Å². The van der Waals surface area contributed by atoms with Gasteiger partial charge in [-0.15, -0.1) is 0 Å². The molecule has 0 radical (unpaired) electrons. The van der Waals surface area contributed by atoms with Crippen LogP contribution in [0.4, 0.5) is 0 Å². The number of hydrogen-bond acceptors (Lipinski definition) is 3. The van der Waals surface area contributed by atoms with Crippen LogP contribution < -0.4 is 11.1 Å². The first-order valence-corrected chi connectivity index (χ1v) is 5.85. The average Bonchev–Trinajstić information content (AvgIpc) is 1.99. The third kappa shape index (κ3) is 5.47. The van der Waals surface area contributed by atoms with Crippen molar-refractivity contribution in [1.82, 2.24) is 5.32 Å². The molecule has 1 atom stereocenters. The molecule has 4 nitrogen and oxygen atoms in total. The Morgan fingerprint density at radius 1 is 1.38 bits per heavy atom. The lowest BCUT2D eigenvalue weighted by atomic mass is 9.86. The van der Waals surface area contributed by atoms with E-state index in [1.165, 1.54) is 0 Å². The van der Waals surface area contributed by atoms with Crippen LogP contribution in [0, 0.1) is 0 Å². The van der Waals surface area contributed by atoms with Crippen LogP contribution in [0.15, 0.2) is 0 Å². The first kappa shape index (κ1) is 15.4. The number of nitrogens with one attached hydrogen (secondary N) is 1. The predicted octanol–water partition coefficient (Wildman–Crippen LogP) is 1.17. The molecular formula is C12H26N2O2. The molecule has 0 fully saturated rings. The fourth-order valence-electron chi connectivity index (χ4n) is 1.15. The molecule has 0 bridgehead atoms. The highest BCUT2D eigenvalue weighted by molar-refractivity contribution is 5.76. The number of amides is 1. The van der Waals surface area contributed by atoms with Gasteiger partial charge in [0.1, 0.15) is 0 Å². The summed E-state index contributed by atoms with van der Waals surface area (Å²) in [6, 6.07) is 0.134. The van der Waals surface area contributed by atoms with Crippen molar-refractivity contribution < 1.29 is 9.90 Å². The van der Waals surface area contributed by atoms with E-state index in [4.69, 9.17) is 5.73 Å². The zero-order chi connectivity index (χ0) is 13.0. The highest BCUT2D eigenvalue weighted by Crippen LogP contribution is 2.20. The maximum atomic E-state index is 11.6. The predicted molar refractivity (Wildman–Crippen MR) is 66.0 cm³/mol. The lowest BCUT2D eigenvalue weighted by Gasteiger charge is -2.38. The summed E-state index contributed by atoms with van der Waals surface area (Å²) in [5.41, 5.74) is 4.04. The Bertz CT molecular complexity index is 230. The lowest BCUT2D eigenvalue weighted by molar-refractivity contribution is -0.126. The molecule has 1 amide bonds. The van der Waals surface area contributed by atoms with Crippen molar-refractivity contribution in [2.45, 2.75) is 71.1 Å². The summed E-state index contributed by atoms with van der Waals surface area (Å²) >= 11 is 0. The normalized spacial score (nSPS) is 14.7. The number of nitrogens with two attached hydrogens (primary N) is 1. The van der Waals surface area contributed by atoms with Crippen LogP contribution in [0.3, 0.4) is 0 Å². The summed E-state index contributed by atoms with van der Waals surface area (Å²) in [6.45, 7) is 8.94. The van der Waals surface area contributed by atoms with Gasteiger partial charge >= 0.3 is 0 Å². The molecule has 0 aromatic rings. The number of aliphatic hydroxyl groups is 1. The second-order valence-corrected chi connectivity index (χ2v) is 5.60. The van der Waals surface area contributed by atoms with E-state index in [2.05, 4.69) is 5.32 Å². The van der Waals surface area contributed by atoms with Crippen molar-refractivity contribution in [3.8, 4) is 0 Å². The van der Waals surface area contributed by atoms with E-state index in [0.717, 1.165) is 12.8 Å². The fraction of sp³-hybridized carbons (Fsp3) is 0.917. The second-order valence-electron chi connectivity index (χ2n) is 5.60. The molecule has 0 saturated carbocycles. The van der Waals surface area contributed by atoms with Crippen LogP contribution in [-0.4, -0.2) is 28.2 Å². The minimum atomic E-state index is -0.941. The molecule has 96 valence electrons. The molecule has 0 saturated heterocycles. The maximum absolute atomic E-state index is 11.6. The van der Waals surface area contributed by atoms with Crippen molar-refractivity contribution in [3.63, 3.8) is 0 Å².